The fraction of sp³-hybridized carbons (Fsp3) is 0.176. The number of benzene rings is 2. The molecular formula is C17H15N. The highest BCUT2D eigenvalue weighted by molar-refractivity contribution is 5.61. The van der Waals surface area contributed by atoms with Crippen molar-refractivity contribution in [1.29, 1.82) is 0 Å². The normalized spacial score (nSPS) is 13.8. The summed E-state index contributed by atoms with van der Waals surface area (Å²) in [4.78, 5) is 2.37. The van der Waals surface area contributed by atoms with Gasteiger partial charge in [0.15, 0.2) is 0 Å². The fourth-order valence-electron chi connectivity index (χ4n) is 2.57. The second kappa shape index (κ2) is 4.58. The van der Waals surface area contributed by atoms with E-state index in [2.05, 4.69) is 47.2 Å². The Morgan fingerprint density at radius 1 is 0.944 bits per heavy atom. The summed E-state index contributed by atoms with van der Waals surface area (Å²) >= 11 is 0. The zero-order chi connectivity index (χ0) is 12.4. The van der Waals surface area contributed by atoms with Crippen LogP contribution in [-0.4, -0.2) is 6.54 Å². The molecule has 0 fully saturated rings. The molecule has 0 unspecified atom stereocenters. The third kappa shape index (κ3) is 1.87. The zero-order valence-electron chi connectivity index (χ0n) is 10.3. The van der Waals surface area contributed by atoms with Gasteiger partial charge in [-0.15, -0.1) is 6.42 Å². The fourth-order valence-corrected chi connectivity index (χ4v) is 2.57. The van der Waals surface area contributed by atoms with Crippen LogP contribution in [0, 0.1) is 12.3 Å². The Kier molecular flexibility index (Phi) is 2.78. The first-order valence-corrected chi connectivity index (χ1v) is 6.26. The number of nitrogens with zero attached hydrogens (tertiary/aromatic N) is 1. The Morgan fingerprint density at radius 2 is 1.67 bits per heavy atom. The SMILES string of the molecule is C#Cc1ccccc1N1CCc2ccccc2C1. The van der Waals surface area contributed by atoms with Crippen LogP contribution < -0.4 is 4.90 Å². The third-order valence-electron chi connectivity index (χ3n) is 3.53. The van der Waals surface area contributed by atoms with Crippen molar-refractivity contribution in [3.8, 4) is 12.3 Å². The topological polar surface area (TPSA) is 3.24 Å². The number of anilines is 1. The lowest BCUT2D eigenvalue weighted by Crippen LogP contribution is -2.30. The van der Waals surface area contributed by atoms with Gasteiger partial charge in [-0.2, -0.15) is 0 Å². The van der Waals surface area contributed by atoms with E-state index < -0.39 is 0 Å². The number of para-hydroxylation sites is 1. The quantitative estimate of drug-likeness (QED) is 0.683. The van der Waals surface area contributed by atoms with Crippen molar-refractivity contribution in [2.75, 3.05) is 11.4 Å². The first-order chi connectivity index (χ1) is 8.88. The van der Waals surface area contributed by atoms with Gasteiger partial charge in [0.25, 0.3) is 0 Å². The molecule has 0 aliphatic carbocycles. The first-order valence-electron chi connectivity index (χ1n) is 6.26. The summed E-state index contributed by atoms with van der Waals surface area (Å²) in [5, 5.41) is 0. The number of hydrogen-bond acceptors (Lipinski definition) is 1. The van der Waals surface area contributed by atoms with Gasteiger partial charge in [-0.05, 0) is 29.7 Å². The molecule has 1 aliphatic rings. The predicted molar refractivity (Wildman–Crippen MR) is 75.6 cm³/mol. The Labute approximate surface area is 108 Å². The van der Waals surface area contributed by atoms with Crippen LogP contribution >= 0.6 is 0 Å². The molecule has 0 bridgehead atoms. The van der Waals surface area contributed by atoms with Crippen LogP contribution in [0.5, 0.6) is 0 Å². The van der Waals surface area contributed by atoms with Gasteiger partial charge in [0.1, 0.15) is 0 Å². The molecule has 2 aromatic carbocycles. The molecule has 0 saturated heterocycles. The maximum absolute atomic E-state index is 5.58. The largest absolute Gasteiger partial charge is 0.366 e. The van der Waals surface area contributed by atoms with Crippen molar-refractivity contribution in [3.63, 3.8) is 0 Å². The van der Waals surface area contributed by atoms with E-state index >= 15 is 0 Å². The summed E-state index contributed by atoms with van der Waals surface area (Å²) in [6.07, 6.45) is 6.67. The van der Waals surface area contributed by atoms with Crippen molar-refractivity contribution < 1.29 is 0 Å². The van der Waals surface area contributed by atoms with Crippen molar-refractivity contribution in [1.82, 2.24) is 0 Å². The Balaban J connectivity index is 1.95. The highest BCUT2D eigenvalue weighted by Gasteiger charge is 2.17. The monoisotopic (exact) mass is 233 g/mol. The summed E-state index contributed by atoms with van der Waals surface area (Å²) in [6, 6.07) is 16.8. The van der Waals surface area contributed by atoms with Gasteiger partial charge in [0.05, 0.1) is 5.69 Å². The minimum Gasteiger partial charge on any atom is -0.366 e. The van der Waals surface area contributed by atoms with Gasteiger partial charge in [0.2, 0.25) is 0 Å². The lowest BCUT2D eigenvalue weighted by atomic mass is 9.99. The second-order valence-electron chi connectivity index (χ2n) is 4.60. The van der Waals surface area contributed by atoms with E-state index in [-0.39, 0.29) is 0 Å². The van der Waals surface area contributed by atoms with Crippen molar-refractivity contribution >= 4 is 5.69 Å². The van der Waals surface area contributed by atoms with Crippen molar-refractivity contribution in [2.24, 2.45) is 0 Å². The molecule has 0 saturated carbocycles. The minimum absolute atomic E-state index is 0.953. The van der Waals surface area contributed by atoms with Crippen LogP contribution in [0.4, 0.5) is 5.69 Å². The van der Waals surface area contributed by atoms with Crippen LogP contribution in [0.3, 0.4) is 0 Å². The molecule has 0 radical (unpaired) electrons. The van der Waals surface area contributed by atoms with E-state index in [0.717, 1.165) is 25.1 Å². The van der Waals surface area contributed by atoms with Crippen LogP contribution in [-0.2, 0) is 13.0 Å². The summed E-state index contributed by atoms with van der Waals surface area (Å²) in [5.74, 6) is 2.78. The average molecular weight is 233 g/mol. The summed E-state index contributed by atoms with van der Waals surface area (Å²) in [5.41, 5.74) is 5.04. The standard InChI is InChI=1S/C17H15N/c1-2-14-7-5-6-10-17(14)18-12-11-15-8-3-4-9-16(15)13-18/h1,3-10H,11-13H2. The van der Waals surface area contributed by atoms with Gasteiger partial charge in [0, 0.05) is 18.7 Å². The number of rotatable bonds is 1. The number of fused-ring (bicyclic) bond motifs is 1. The summed E-state index contributed by atoms with van der Waals surface area (Å²) in [6.45, 7) is 1.99. The number of hydrogen-bond donors (Lipinski definition) is 0. The molecule has 0 spiro atoms. The maximum Gasteiger partial charge on any atom is 0.0528 e. The smallest absolute Gasteiger partial charge is 0.0528 e. The highest BCUT2D eigenvalue weighted by atomic mass is 15.1. The minimum atomic E-state index is 0.953. The Bertz CT molecular complexity index is 607. The molecule has 1 heterocycles. The molecule has 1 heteroatoms. The Hall–Kier alpha value is -2.20. The van der Waals surface area contributed by atoms with Crippen LogP contribution in [0.1, 0.15) is 16.7 Å². The first kappa shape index (κ1) is 10.9. The zero-order valence-corrected chi connectivity index (χ0v) is 10.3. The molecule has 0 aromatic heterocycles. The van der Waals surface area contributed by atoms with Gasteiger partial charge in [-0.3, -0.25) is 0 Å². The lowest BCUT2D eigenvalue weighted by Gasteiger charge is -2.31. The third-order valence-corrected chi connectivity index (χ3v) is 3.53. The molecule has 18 heavy (non-hydrogen) atoms. The highest BCUT2D eigenvalue weighted by Crippen LogP contribution is 2.26. The van der Waals surface area contributed by atoms with E-state index in [9.17, 15) is 0 Å². The molecule has 0 amide bonds. The van der Waals surface area contributed by atoms with E-state index in [0.29, 0.717) is 0 Å². The number of terminal acetylenes is 1. The van der Waals surface area contributed by atoms with Gasteiger partial charge in [-0.1, -0.05) is 42.3 Å². The van der Waals surface area contributed by atoms with E-state index in [4.69, 9.17) is 6.42 Å². The summed E-state index contributed by atoms with van der Waals surface area (Å²) in [7, 11) is 0. The lowest BCUT2D eigenvalue weighted by molar-refractivity contribution is 0.731. The molecule has 88 valence electrons. The maximum atomic E-state index is 5.58. The van der Waals surface area contributed by atoms with Crippen LogP contribution in [0.2, 0.25) is 0 Å². The Morgan fingerprint density at radius 3 is 2.50 bits per heavy atom. The molecule has 1 nitrogen and oxygen atoms in total. The van der Waals surface area contributed by atoms with E-state index in [1.54, 1.807) is 0 Å². The van der Waals surface area contributed by atoms with Crippen LogP contribution in [0.25, 0.3) is 0 Å². The van der Waals surface area contributed by atoms with Gasteiger partial charge < -0.3 is 4.90 Å². The molecular weight excluding hydrogens is 218 g/mol. The molecule has 0 atom stereocenters. The van der Waals surface area contributed by atoms with Crippen molar-refractivity contribution in [2.45, 2.75) is 13.0 Å². The molecule has 1 aliphatic heterocycles. The second-order valence-corrected chi connectivity index (χ2v) is 4.60. The average Bonchev–Trinajstić information content (AvgIpc) is 2.46. The molecule has 0 N–H and O–H groups in total. The van der Waals surface area contributed by atoms with Gasteiger partial charge >= 0.3 is 0 Å². The van der Waals surface area contributed by atoms with Crippen molar-refractivity contribution in [3.05, 3.63) is 65.2 Å². The summed E-state index contributed by atoms with van der Waals surface area (Å²) < 4.78 is 0. The van der Waals surface area contributed by atoms with Gasteiger partial charge in [-0.25, -0.2) is 0 Å². The van der Waals surface area contributed by atoms with Crippen LogP contribution in [0.15, 0.2) is 48.5 Å². The molecule has 2 aromatic rings. The predicted octanol–water partition coefficient (Wildman–Crippen LogP) is 3.23. The van der Waals surface area contributed by atoms with E-state index in [1.165, 1.54) is 16.8 Å². The van der Waals surface area contributed by atoms with E-state index in [1.807, 2.05) is 12.1 Å². The molecule has 3 rings (SSSR count).